The first-order chi connectivity index (χ1) is 16.5. The predicted molar refractivity (Wildman–Crippen MR) is 122 cm³/mol. The Morgan fingerprint density at radius 2 is 2.06 bits per heavy atom. The fourth-order valence-electron chi connectivity index (χ4n) is 4.12. The van der Waals surface area contributed by atoms with Crippen molar-refractivity contribution in [3.05, 3.63) is 81.3 Å². The molecule has 0 saturated heterocycles. The van der Waals surface area contributed by atoms with Crippen LogP contribution in [0.4, 0.5) is 4.39 Å². The Labute approximate surface area is 200 Å². The highest BCUT2D eigenvalue weighted by molar-refractivity contribution is 7.99. The lowest BCUT2D eigenvalue weighted by Gasteiger charge is -2.28. The van der Waals surface area contributed by atoms with Crippen LogP contribution in [0.25, 0.3) is 0 Å². The van der Waals surface area contributed by atoms with Gasteiger partial charge in [-0.05, 0) is 55.5 Å². The van der Waals surface area contributed by atoms with E-state index in [2.05, 4.69) is 11.1 Å². The number of hydrogen-bond donors (Lipinski definition) is 1. The van der Waals surface area contributed by atoms with Gasteiger partial charge in [0.1, 0.15) is 34.3 Å². The number of nitrogens with zero attached hydrogens (tertiary/aromatic N) is 3. The Morgan fingerprint density at radius 3 is 2.74 bits per heavy atom. The molecule has 0 unspecified atom stereocenters. The molecule has 4 rings (SSSR count). The molecule has 172 valence electrons. The van der Waals surface area contributed by atoms with Gasteiger partial charge < -0.3 is 15.2 Å². The number of hydrogen-bond acceptors (Lipinski definition) is 8. The quantitative estimate of drug-likeness (QED) is 0.490. The van der Waals surface area contributed by atoms with Crippen LogP contribution >= 0.6 is 11.8 Å². The molecule has 1 aliphatic carbocycles. The highest BCUT2D eigenvalue weighted by atomic mass is 32.2. The van der Waals surface area contributed by atoms with E-state index in [0.29, 0.717) is 16.2 Å². The molecule has 2 aromatic rings. The molecule has 1 atom stereocenters. The number of carbonyl (C=O) groups is 1. The van der Waals surface area contributed by atoms with Crippen LogP contribution in [0.2, 0.25) is 0 Å². The van der Waals surface area contributed by atoms with E-state index in [1.807, 2.05) is 12.1 Å². The van der Waals surface area contributed by atoms with Crippen LogP contribution in [0, 0.1) is 28.5 Å². The Balaban J connectivity index is 1.76. The molecule has 7 nitrogen and oxygen atoms in total. The molecule has 0 saturated carbocycles. The van der Waals surface area contributed by atoms with Crippen LogP contribution in [-0.2, 0) is 27.1 Å². The van der Waals surface area contributed by atoms with Crippen LogP contribution in [0.5, 0.6) is 0 Å². The summed E-state index contributed by atoms with van der Waals surface area (Å²) in [5.41, 5.74) is 9.24. The third-order valence-corrected chi connectivity index (χ3v) is 6.66. The zero-order valence-corrected chi connectivity index (χ0v) is 19.2. The highest BCUT2D eigenvalue weighted by Gasteiger charge is 2.37. The Hall–Kier alpha value is -3.82. The van der Waals surface area contributed by atoms with E-state index in [0.717, 1.165) is 30.5 Å². The fourth-order valence-corrected chi connectivity index (χ4v) is 5.04. The number of allylic oxidation sites excluding steroid dienone is 1. The van der Waals surface area contributed by atoms with Gasteiger partial charge in [0.05, 0.1) is 29.4 Å². The van der Waals surface area contributed by atoms with E-state index in [-0.39, 0.29) is 35.1 Å². The number of nitrogens with two attached hydrogens (primary N) is 1. The number of thioether (sulfide) groups is 1. The number of pyridine rings is 1. The number of esters is 1. The maximum absolute atomic E-state index is 13.6. The largest absolute Gasteiger partial charge is 0.463 e. The van der Waals surface area contributed by atoms with Gasteiger partial charge in [-0.25, -0.2) is 14.2 Å². The number of carbonyl (C=O) groups excluding carboxylic acids is 1. The van der Waals surface area contributed by atoms with Crippen molar-refractivity contribution >= 4 is 17.7 Å². The summed E-state index contributed by atoms with van der Waals surface area (Å²) in [4.78, 5) is 17.7. The molecule has 2 heterocycles. The zero-order valence-electron chi connectivity index (χ0n) is 18.4. The van der Waals surface area contributed by atoms with Gasteiger partial charge >= 0.3 is 5.97 Å². The maximum atomic E-state index is 13.6. The first-order valence-electron chi connectivity index (χ1n) is 10.8. The molecule has 1 aliphatic heterocycles. The number of aromatic nitrogens is 1. The summed E-state index contributed by atoms with van der Waals surface area (Å²) in [6.45, 7) is 1.79. The Kier molecular flexibility index (Phi) is 6.85. The van der Waals surface area contributed by atoms with Crippen LogP contribution < -0.4 is 5.73 Å². The maximum Gasteiger partial charge on any atom is 0.338 e. The molecule has 0 bridgehead atoms. The molecule has 0 spiro atoms. The topological polar surface area (TPSA) is 122 Å². The second-order valence-electron chi connectivity index (χ2n) is 7.73. The number of aryl methyl sites for hydroxylation is 2. The third kappa shape index (κ3) is 4.48. The lowest BCUT2D eigenvalue weighted by molar-refractivity contribution is -0.139. The summed E-state index contributed by atoms with van der Waals surface area (Å²) in [5, 5.41) is 19.9. The van der Waals surface area contributed by atoms with Gasteiger partial charge in [-0.15, -0.1) is 0 Å². The molecule has 1 aromatic carbocycles. The van der Waals surface area contributed by atoms with Crippen molar-refractivity contribution in [1.82, 2.24) is 4.98 Å². The molecule has 9 heteroatoms. The highest BCUT2D eigenvalue weighted by Crippen LogP contribution is 2.41. The minimum absolute atomic E-state index is 0.0387. The molecule has 2 N–H and O–H groups in total. The van der Waals surface area contributed by atoms with Crippen molar-refractivity contribution < 1.29 is 18.7 Å². The number of halogens is 1. The summed E-state index contributed by atoms with van der Waals surface area (Å²) in [6.07, 6.45) is 2.76. The zero-order chi connectivity index (χ0) is 24.2. The number of benzene rings is 1. The molecular weight excluding hydrogens is 455 g/mol. The van der Waals surface area contributed by atoms with Crippen molar-refractivity contribution in [3.8, 4) is 12.1 Å². The summed E-state index contributed by atoms with van der Waals surface area (Å²) >= 11 is 1.25. The minimum Gasteiger partial charge on any atom is -0.463 e. The van der Waals surface area contributed by atoms with E-state index in [1.165, 1.54) is 36.0 Å². The lowest BCUT2D eigenvalue weighted by Crippen LogP contribution is -2.27. The smallest absolute Gasteiger partial charge is 0.338 e. The Bertz CT molecular complexity index is 1290. The first-order valence-corrected chi connectivity index (χ1v) is 11.7. The normalized spacial score (nSPS) is 17.0. The van der Waals surface area contributed by atoms with Gasteiger partial charge in [-0.1, -0.05) is 23.9 Å². The second kappa shape index (κ2) is 9.98. The van der Waals surface area contributed by atoms with Crippen LogP contribution in [0.15, 0.2) is 58.1 Å². The fraction of sp³-hybridized carbons (Fsp3) is 0.280. The summed E-state index contributed by atoms with van der Waals surface area (Å²) < 4.78 is 24.6. The van der Waals surface area contributed by atoms with Gasteiger partial charge in [-0.2, -0.15) is 10.5 Å². The van der Waals surface area contributed by atoms with E-state index in [9.17, 15) is 19.7 Å². The van der Waals surface area contributed by atoms with Gasteiger partial charge in [0.15, 0.2) is 0 Å². The van der Waals surface area contributed by atoms with Gasteiger partial charge in [0.25, 0.3) is 0 Å². The summed E-state index contributed by atoms with van der Waals surface area (Å²) in [6, 6.07) is 11.6. The van der Waals surface area contributed by atoms with E-state index >= 15 is 0 Å². The molecule has 0 radical (unpaired) electrons. The van der Waals surface area contributed by atoms with Crippen molar-refractivity contribution in [2.75, 3.05) is 12.4 Å². The van der Waals surface area contributed by atoms with Gasteiger partial charge in [-0.3, -0.25) is 0 Å². The SMILES string of the molecule is CCOC(=O)C1=C(CSc2nc3c(cc2C#N)CCC3)OC(N)=C(C#N)[C@H]1c1ccc(F)cc1. The Morgan fingerprint density at radius 1 is 1.29 bits per heavy atom. The number of rotatable bonds is 6. The van der Waals surface area contributed by atoms with Gasteiger partial charge in [0.2, 0.25) is 5.88 Å². The van der Waals surface area contributed by atoms with Crippen LogP contribution in [-0.4, -0.2) is 23.3 Å². The predicted octanol–water partition coefficient (Wildman–Crippen LogP) is 4.00. The third-order valence-electron chi connectivity index (χ3n) is 5.67. The molecule has 0 fully saturated rings. The average Bonchev–Trinajstić information content (AvgIpc) is 3.29. The molecule has 34 heavy (non-hydrogen) atoms. The standard InChI is InChI=1S/C25H21FN4O3S/c1-2-32-25(31)22-20(13-34-24-16(11-27)10-15-4-3-5-19(15)30-24)33-23(29)18(12-28)21(22)14-6-8-17(26)9-7-14/h6-10,21H,2-5,13,29H2,1H3/t21-/m1/s1. The number of fused-ring (bicyclic) bond motifs is 1. The number of nitriles is 2. The molecule has 0 amide bonds. The molecule has 2 aliphatic rings. The lowest BCUT2D eigenvalue weighted by atomic mass is 9.83. The van der Waals surface area contributed by atoms with Crippen LogP contribution in [0.3, 0.4) is 0 Å². The van der Waals surface area contributed by atoms with E-state index in [1.54, 1.807) is 6.92 Å². The monoisotopic (exact) mass is 476 g/mol. The van der Waals surface area contributed by atoms with Crippen molar-refractivity contribution in [2.45, 2.75) is 37.1 Å². The number of ether oxygens (including phenoxy) is 2. The van der Waals surface area contributed by atoms with E-state index < -0.39 is 17.7 Å². The van der Waals surface area contributed by atoms with Crippen LogP contribution in [0.1, 0.15) is 41.6 Å². The summed E-state index contributed by atoms with van der Waals surface area (Å²) in [5.74, 6) is -1.78. The van der Waals surface area contributed by atoms with Crippen molar-refractivity contribution in [3.63, 3.8) is 0 Å². The molecular formula is C25H21FN4O3S. The first kappa shape index (κ1) is 23.3. The van der Waals surface area contributed by atoms with Crippen molar-refractivity contribution in [1.29, 1.82) is 10.5 Å². The summed E-state index contributed by atoms with van der Waals surface area (Å²) in [7, 11) is 0. The van der Waals surface area contributed by atoms with Crippen molar-refractivity contribution in [2.24, 2.45) is 5.73 Å². The van der Waals surface area contributed by atoms with E-state index in [4.69, 9.17) is 15.2 Å². The second-order valence-corrected chi connectivity index (χ2v) is 8.70. The average molecular weight is 477 g/mol. The molecule has 1 aromatic heterocycles. The van der Waals surface area contributed by atoms with Gasteiger partial charge in [0, 0.05) is 5.69 Å². The minimum atomic E-state index is -0.877.